The summed E-state index contributed by atoms with van der Waals surface area (Å²) in [5, 5.41) is 24.2. The van der Waals surface area contributed by atoms with Crippen LogP contribution in [0, 0.1) is 0 Å². The van der Waals surface area contributed by atoms with Crippen molar-refractivity contribution in [2.45, 2.75) is 0 Å². The van der Waals surface area contributed by atoms with E-state index in [9.17, 15) is 9.90 Å². The number of aromatic nitrogens is 5. The Morgan fingerprint density at radius 3 is 2.23 bits per heavy atom. The van der Waals surface area contributed by atoms with Crippen molar-refractivity contribution in [3.63, 3.8) is 0 Å². The van der Waals surface area contributed by atoms with Gasteiger partial charge in [-0.15, -0.1) is 5.10 Å². The van der Waals surface area contributed by atoms with Gasteiger partial charge in [-0.05, 0) is 21.4 Å². The first kappa shape index (κ1) is 15.5. The van der Waals surface area contributed by atoms with E-state index in [1.54, 1.807) is 12.1 Å². The zero-order valence-corrected chi connectivity index (χ0v) is 13.3. The lowest BCUT2D eigenvalue weighted by atomic mass is 10.0. The van der Waals surface area contributed by atoms with Crippen LogP contribution >= 0.6 is 0 Å². The molecule has 2 aromatic heterocycles. The molecule has 3 N–H and O–H groups in total. The molecule has 26 heavy (non-hydrogen) atoms. The Balaban J connectivity index is 1.83. The Morgan fingerprint density at radius 1 is 0.962 bits per heavy atom. The number of hydrogen-bond donors (Lipinski definition) is 2. The SMILES string of the molecule is Nc1nonc1-n1nnc(C(=O)O)c1-c1ccc(-c2ccccc2)cc1. The smallest absolute Gasteiger partial charge is 0.358 e. The minimum Gasteiger partial charge on any atom is -0.476 e. The fourth-order valence-corrected chi connectivity index (χ4v) is 2.62. The number of carboxylic acid groups (broad SMARTS) is 1. The van der Waals surface area contributed by atoms with Gasteiger partial charge >= 0.3 is 5.97 Å². The Hall–Kier alpha value is -4.01. The molecule has 0 saturated heterocycles. The van der Waals surface area contributed by atoms with Crippen LogP contribution in [-0.4, -0.2) is 36.4 Å². The molecule has 0 spiro atoms. The van der Waals surface area contributed by atoms with Crippen LogP contribution in [0.1, 0.15) is 10.5 Å². The molecular weight excluding hydrogens is 336 g/mol. The number of nitrogens with zero attached hydrogens (tertiary/aromatic N) is 5. The summed E-state index contributed by atoms with van der Waals surface area (Å²) in [6, 6.07) is 17.2. The lowest BCUT2D eigenvalue weighted by molar-refractivity contribution is 0.0691. The Labute approximate surface area is 146 Å². The van der Waals surface area contributed by atoms with Crippen LogP contribution in [0.3, 0.4) is 0 Å². The second-order valence-corrected chi connectivity index (χ2v) is 5.42. The Kier molecular flexibility index (Phi) is 3.66. The summed E-state index contributed by atoms with van der Waals surface area (Å²) in [7, 11) is 0. The third kappa shape index (κ3) is 2.57. The number of anilines is 1. The van der Waals surface area contributed by atoms with Crippen molar-refractivity contribution < 1.29 is 14.5 Å². The minimum absolute atomic E-state index is 0.0194. The molecule has 9 heteroatoms. The van der Waals surface area contributed by atoms with E-state index in [0.717, 1.165) is 11.1 Å². The molecule has 0 bridgehead atoms. The van der Waals surface area contributed by atoms with Gasteiger partial charge in [-0.1, -0.05) is 59.8 Å². The molecule has 2 aromatic carbocycles. The average Bonchev–Trinajstić information content (AvgIpc) is 3.28. The second kappa shape index (κ2) is 6.13. The second-order valence-electron chi connectivity index (χ2n) is 5.42. The van der Waals surface area contributed by atoms with Gasteiger partial charge in [0.2, 0.25) is 11.6 Å². The average molecular weight is 348 g/mol. The van der Waals surface area contributed by atoms with E-state index >= 15 is 0 Å². The van der Waals surface area contributed by atoms with E-state index in [4.69, 9.17) is 5.73 Å². The maximum Gasteiger partial charge on any atom is 0.358 e. The van der Waals surface area contributed by atoms with Crippen molar-refractivity contribution >= 4 is 11.8 Å². The zero-order valence-electron chi connectivity index (χ0n) is 13.3. The Bertz CT molecular complexity index is 1070. The van der Waals surface area contributed by atoms with Gasteiger partial charge in [0.25, 0.3) is 0 Å². The van der Waals surface area contributed by atoms with Crippen molar-refractivity contribution in [2.75, 3.05) is 5.73 Å². The topological polar surface area (TPSA) is 133 Å². The number of rotatable bonds is 4. The van der Waals surface area contributed by atoms with E-state index in [1.165, 1.54) is 4.68 Å². The quantitative estimate of drug-likeness (QED) is 0.574. The van der Waals surface area contributed by atoms with Gasteiger partial charge in [0.1, 0.15) is 5.69 Å². The predicted octanol–water partition coefficient (Wildman–Crippen LogP) is 2.26. The van der Waals surface area contributed by atoms with Gasteiger partial charge in [-0.3, -0.25) is 0 Å². The number of nitrogen functional groups attached to an aromatic ring is 1. The van der Waals surface area contributed by atoms with E-state index in [0.29, 0.717) is 5.56 Å². The summed E-state index contributed by atoms with van der Waals surface area (Å²) >= 11 is 0. The molecule has 128 valence electrons. The number of nitrogens with two attached hydrogens (primary N) is 1. The molecule has 0 aliphatic rings. The van der Waals surface area contributed by atoms with E-state index in [1.807, 2.05) is 42.5 Å². The van der Waals surface area contributed by atoms with Crippen molar-refractivity contribution in [2.24, 2.45) is 0 Å². The normalized spacial score (nSPS) is 10.8. The number of aromatic carboxylic acids is 1. The van der Waals surface area contributed by atoms with E-state index in [-0.39, 0.29) is 23.0 Å². The molecule has 0 radical (unpaired) electrons. The fourth-order valence-electron chi connectivity index (χ4n) is 2.62. The molecule has 0 amide bonds. The van der Waals surface area contributed by atoms with Crippen LogP contribution in [0.4, 0.5) is 5.82 Å². The summed E-state index contributed by atoms with van der Waals surface area (Å²) in [6.45, 7) is 0. The summed E-state index contributed by atoms with van der Waals surface area (Å²) in [5.74, 6) is -1.16. The third-order valence-corrected chi connectivity index (χ3v) is 3.83. The van der Waals surface area contributed by atoms with Gasteiger partial charge in [0.05, 0.1) is 0 Å². The molecule has 0 unspecified atom stereocenters. The molecule has 0 saturated carbocycles. The van der Waals surface area contributed by atoms with Gasteiger partial charge in [0.15, 0.2) is 5.69 Å². The highest BCUT2D eigenvalue weighted by Crippen LogP contribution is 2.28. The minimum atomic E-state index is -1.21. The molecule has 0 aliphatic carbocycles. The fraction of sp³-hybridized carbons (Fsp3) is 0. The lowest BCUT2D eigenvalue weighted by Crippen LogP contribution is -2.05. The maximum atomic E-state index is 11.5. The van der Waals surface area contributed by atoms with Crippen LogP contribution in [0.25, 0.3) is 28.2 Å². The molecular formula is C17H12N6O3. The van der Waals surface area contributed by atoms with Crippen LogP contribution in [0.2, 0.25) is 0 Å². The molecule has 2 heterocycles. The summed E-state index contributed by atoms with van der Waals surface area (Å²) in [6.07, 6.45) is 0. The number of carbonyl (C=O) groups is 1. The van der Waals surface area contributed by atoms with Gasteiger partial charge in [-0.2, -0.15) is 4.68 Å². The first-order valence-electron chi connectivity index (χ1n) is 7.58. The van der Waals surface area contributed by atoms with Crippen LogP contribution < -0.4 is 5.73 Å². The molecule has 0 atom stereocenters. The highest BCUT2D eigenvalue weighted by molar-refractivity contribution is 5.93. The zero-order chi connectivity index (χ0) is 18.1. The largest absolute Gasteiger partial charge is 0.476 e. The summed E-state index contributed by atoms with van der Waals surface area (Å²) < 4.78 is 5.78. The monoisotopic (exact) mass is 348 g/mol. The van der Waals surface area contributed by atoms with E-state index < -0.39 is 5.97 Å². The number of benzene rings is 2. The number of hydrogen-bond acceptors (Lipinski definition) is 7. The van der Waals surface area contributed by atoms with Gasteiger partial charge in [0, 0.05) is 5.56 Å². The molecule has 4 rings (SSSR count). The van der Waals surface area contributed by atoms with Crippen molar-refractivity contribution in [1.29, 1.82) is 0 Å². The molecule has 0 fully saturated rings. The predicted molar refractivity (Wildman–Crippen MR) is 91.5 cm³/mol. The number of carboxylic acids is 1. The van der Waals surface area contributed by atoms with Crippen molar-refractivity contribution in [1.82, 2.24) is 25.3 Å². The Morgan fingerprint density at radius 2 is 1.62 bits per heavy atom. The van der Waals surface area contributed by atoms with Crippen LogP contribution in [0.5, 0.6) is 0 Å². The van der Waals surface area contributed by atoms with Gasteiger partial charge < -0.3 is 10.8 Å². The lowest BCUT2D eigenvalue weighted by Gasteiger charge is -2.06. The summed E-state index contributed by atoms with van der Waals surface area (Å²) in [4.78, 5) is 11.5. The molecule has 0 aliphatic heterocycles. The van der Waals surface area contributed by atoms with Gasteiger partial charge in [-0.25, -0.2) is 9.42 Å². The molecule has 4 aromatic rings. The van der Waals surface area contributed by atoms with Crippen LogP contribution in [-0.2, 0) is 0 Å². The molecule has 9 nitrogen and oxygen atoms in total. The third-order valence-electron chi connectivity index (χ3n) is 3.83. The first-order valence-corrected chi connectivity index (χ1v) is 7.58. The van der Waals surface area contributed by atoms with Crippen LogP contribution in [0.15, 0.2) is 59.2 Å². The van der Waals surface area contributed by atoms with E-state index in [2.05, 4.69) is 25.3 Å². The standard InChI is InChI=1S/C17H12N6O3/c18-15-16(21-26-20-15)23-14(13(17(24)25)19-22-23)12-8-6-11(7-9-12)10-4-2-1-3-5-10/h1-9H,(H2,18,20)(H,24,25). The first-order chi connectivity index (χ1) is 12.6. The maximum absolute atomic E-state index is 11.5. The van der Waals surface area contributed by atoms with Crippen molar-refractivity contribution in [3.8, 4) is 28.2 Å². The highest BCUT2D eigenvalue weighted by atomic mass is 16.6. The summed E-state index contributed by atoms with van der Waals surface area (Å²) in [5.41, 5.74) is 8.35. The highest BCUT2D eigenvalue weighted by Gasteiger charge is 2.24. The van der Waals surface area contributed by atoms with Crippen molar-refractivity contribution in [3.05, 3.63) is 60.3 Å².